The first kappa shape index (κ1) is 21.6. The molecule has 11 heteroatoms. The van der Waals surface area contributed by atoms with Gasteiger partial charge in [-0.05, 0) is 31.2 Å². The summed E-state index contributed by atoms with van der Waals surface area (Å²) in [5.41, 5.74) is 1.21. The summed E-state index contributed by atoms with van der Waals surface area (Å²) in [7, 11) is 0. The van der Waals surface area contributed by atoms with Crippen molar-refractivity contribution in [1.29, 1.82) is 0 Å². The summed E-state index contributed by atoms with van der Waals surface area (Å²) >= 11 is 1.28. The first-order valence-electron chi connectivity index (χ1n) is 9.81. The third-order valence-corrected chi connectivity index (χ3v) is 5.10. The van der Waals surface area contributed by atoms with Gasteiger partial charge in [-0.25, -0.2) is 14.4 Å². The Hall–Kier alpha value is -3.60. The van der Waals surface area contributed by atoms with Crippen molar-refractivity contribution in [3.8, 4) is 11.5 Å². The van der Waals surface area contributed by atoms with Gasteiger partial charge in [0.15, 0.2) is 23.1 Å². The van der Waals surface area contributed by atoms with Gasteiger partial charge >= 0.3 is 5.97 Å². The smallest absolute Gasteiger partial charge is 0.316 e. The second-order valence-electron chi connectivity index (χ2n) is 6.48. The lowest BCUT2D eigenvalue weighted by molar-refractivity contribution is -0.139. The number of halogens is 1. The molecule has 1 aliphatic rings. The first-order valence-corrected chi connectivity index (χ1v) is 10.8. The number of carbonyl (C=O) groups excluding carboxylic acids is 1. The molecular weight excluding hydrogens is 437 g/mol. The molecule has 2 aromatic heterocycles. The van der Waals surface area contributed by atoms with Crippen LogP contribution in [-0.4, -0.2) is 46.5 Å². The summed E-state index contributed by atoms with van der Waals surface area (Å²) < 4.78 is 30.2. The standard InChI is InChI=1S/C21H20FN5O4S/c1-2-29-19(28)12-32-18-6-4-14(10-23-18)26-21-24-11-15(22)20(27-21)25-13-3-5-16-17(9-13)31-8-7-30-16/h3-6,9-11H,2,7-8,12H2,1H3,(H2,24,25,26,27). The number of fused-ring (bicyclic) bond motifs is 1. The summed E-state index contributed by atoms with van der Waals surface area (Å²) in [5, 5.41) is 6.58. The fraction of sp³-hybridized carbons (Fsp3) is 0.238. The van der Waals surface area contributed by atoms with Crippen LogP contribution in [0.25, 0.3) is 0 Å². The van der Waals surface area contributed by atoms with Crippen molar-refractivity contribution in [2.45, 2.75) is 11.9 Å². The molecule has 3 heterocycles. The maximum Gasteiger partial charge on any atom is 0.316 e. The van der Waals surface area contributed by atoms with Crippen molar-refractivity contribution < 1.29 is 23.4 Å². The number of aromatic nitrogens is 3. The summed E-state index contributed by atoms with van der Waals surface area (Å²) in [4.78, 5) is 23.9. The molecule has 0 fully saturated rings. The molecule has 0 atom stereocenters. The highest BCUT2D eigenvalue weighted by atomic mass is 32.2. The molecule has 0 radical (unpaired) electrons. The zero-order chi connectivity index (χ0) is 22.3. The molecule has 1 aromatic carbocycles. The average Bonchev–Trinajstić information content (AvgIpc) is 2.81. The van der Waals surface area contributed by atoms with E-state index in [1.807, 2.05) is 0 Å². The maximum atomic E-state index is 14.3. The molecule has 4 rings (SSSR count). The number of ether oxygens (including phenoxy) is 3. The minimum atomic E-state index is -0.603. The summed E-state index contributed by atoms with van der Waals surface area (Å²) in [6.07, 6.45) is 2.65. The fourth-order valence-corrected chi connectivity index (χ4v) is 3.42. The topological polar surface area (TPSA) is 107 Å². The summed E-state index contributed by atoms with van der Waals surface area (Å²) in [6, 6.07) is 8.74. The molecule has 166 valence electrons. The van der Waals surface area contributed by atoms with Crippen LogP contribution in [0, 0.1) is 5.82 Å². The van der Waals surface area contributed by atoms with Gasteiger partial charge in [0.05, 0.1) is 35.5 Å². The number of rotatable bonds is 8. The zero-order valence-corrected chi connectivity index (χ0v) is 17.9. The number of hydrogen-bond donors (Lipinski definition) is 2. The number of nitrogens with one attached hydrogen (secondary N) is 2. The second-order valence-corrected chi connectivity index (χ2v) is 7.47. The number of carbonyl (C=O) groups is 1. The van der Waals surface area contributed by atoms with Crippen LogP contribution < -0.4 is 20.1 Å². The number of esters is 1. The predicted molar refractivity (Wildman–Crippen MR) is 118 cm³/mol. The molecule has 9 nitrogen and oxygen atoms in total. The van der Waals surface area contributed by atoms with Gasteiger partial charge in [-0.15, -0.1) is 0 Å². The predicted octanol–water partition coefficient (Wildman–Crippen LogP) is 3.92. The highest BCUT2D eigenvalue weighted by molar-refractivity contribution is 7.99. The van der Waals surface area contributed by atoms with Gasteiger partial charge in [0.2, 0.25) is 5.95 Å². The minimum Gasteiger partial charge on any atom is -0.486 e. The van der Waals surface area contributed by atoms with Crippen LogP contribution in [0.5, 0.6) is 11.5 Å². The lowest BCUT2D eigenvalue weighted by atomic mass is 10.2. The molecule has 0 amide bonds. The van der Waals surface area contributed by atoms with Crippen molar-refractivity contribution in [1.82, 2.24) is 15.0 Å². The molecule has 0 bridgehead atoms. The van der Waals surface area contributed by atoms with Crippen LogP contribution in [0.1, 0.15) is 6.92 Å². The number of hydrogen-bond acceptors (Lipinski definition) is 10. The van der Waals surface area contributed by atoms with Gasteiger partial charge in [0, 0.05) is 11.8 Å². The molecule has 0 aliphatic carbocycles. The average molecular weight is 457 g/mol. The van der Waals surface area contributed by atoms with E-state index in [0.717, 1.165) is 6.20 Å². The lowest BCUT2D eigenvalue weighted by Crippen LogP contribution is -2.15. The summed E-state index contributed by atoms with van der Waals surface area (Å²) in [5.74, 6) is 0.719. The van der Waals surface area contributed by atoms with E-state index >= 15 is 0 Å². The van der Waals surface area contributed by atoms with Gasteiger partial charge in [-0.2, -0.15) is 4.98 Å². The Balaban J connectivity index is 1.41. The Morgan fingerprint density at radius 2 is 1.91 bits per heavy atom. The normalized spacial score (nSPS) is 12.2. The first-order chi connectivity index (χ1) is 15.6. The number of thioether (sulfide) groups is 1. The highest BCUT2D eigenvalue weighted by Gasteiger charge is 2.14. The monoisotopic (exact) mass is 457 g/mol. The molecule has 2 N–H and O–H groups in total. The van der Waals surface area contributed by atoms with Crippen molar-refractivity contribution in [2.75, 3.05) is 36.2 Å². The third-order valence-electron chi connectivity index (χ3n) is 4.18. The highest BCUT2D eigenvalue weighted by Crippen LogP contribution is 2.33. The SMILES string of the molecule is CCOC(=O)CSc1ccc(Nc2ncc(F)c(Nc3ccc4c(c3)OCCO4)n2)cn1. The van der Waals surface area contributed by atoms with E-state index in [1.54, 1.807) is 43.5 Å². The molecular formula is C21H20FN5O4S. The van der Waals surface area contributed by atoms with Crippen molar-refractivity contribution >= 4 is 40.9 Å². The van der Waals surface area contributed by atoms with Gasteiger partial charge in [0.1, 0.15) is 13.2 Å². The molecule has 32 heavy (non-hydrogen) atoms. The van der Waals surface area contributed by atoms with Crippen LogP contribution in [-0.2, 0) is 9.53 Å². The van der Waals surface area contributed by atoms with Gasteiger partial charge < -0.3 is 24.8 Å². The fourth-order valence-electron chi connectivity index (χ4n) is 2.78. The van der Waals surface area contributed by atoms with Crippen LogP contribution in [0.15, 0.2) is 47.8 Å². The van der Waals surface area contributed by atoms with Gasteiger partial charge in [-0.1, -0.05) is 11.8 Å². The van der Waals surface area contributed by atoms with Crippen molar-refractivity contribution in [2.24, 2.45) is 0 Å². The van der Waals surface area contributed by atoms with Crippen molar-refractivity contribution in [3.05, 3.63) is 48.5 Å². The van der Waals surface area contributed by atoms with Gasteiger partial charge in [0.25, 0.3) is 0 Å². The second kappa shape index (κ2) is 10.1. The summed E-state index contributed by atoms with van der Waals surface area (Å²) in [6.45, 7) is 3.06. The number of benzene rings is 1. The van der Waals surface area contributed by atoms with E-state index in [0.29, 0.717) is 47.7 Å². The van der Waals surface area contributed by atoms with Gasteiger partial charge in [-0.3, -0.25) is 4.79 Å². The van der Waals surface area contributed by atoms with E-state index in [2.05, 4.69) is 25.6 Å². The largest absolute Gasteiger partial charge is 0.486 e. The number of nitrogens with zero attached hydrogens (tertiary/aromatic N) is 3. The Morgan fingerprint density at radius 3 is 2.69 bits per heavy atom. The molecule has 0 spiro atoms. The molecule has 0 saturated heterocycles. The van der Waals surface area contributed by atoms with E-state index in [1.165, 1.54) is 11.8 Å². The number of anilines is 4. The van der Waals surface area contributed by atoms with Crippen LogP contribution in [0.3, 0.4) is 0 Å². The Labute approximate surface area is 187 Å². The minimum absolute atomic E-state index is 0.00810. The lowest BCUT2D eigenvalue weighted by Gasteiger charge is -2.19. The van der Waals surface area contributed by atoms with E-state index in [-0.39, 0.29) is 23.5 Å². The molecule has 1 aliphatic heterocycles. The van der Waals surface area contributed by atoms with Crippen LogP contribution in [0.4, 0.5) is 27.5 Å². The number of pyridine rings is 1. The molecule has 3 aromatic rings. The third kappa shape index (κ3) is 5.55. The van der Waals surface area contributed by atoms with E-state index in [4.69, 9.17) is 14.2 Å². The Bertz CT molecular complexity index is 1100. The molecule has 0 unspecified atom stereocenters. The maximum absolute atomic E-state index is 14.3. The molecule has 0 saturated carbocycles. The quantitative estimate of drug-likeness (QED) is 0.382. The Morgan fingerprint density at radius 1 is 1.09 bits per heavy atom. The zero-order valence-electron chi connectivity index (χ0n) is 17.1. The Kier molecular flexibility index (Phi) is 6.85. The van der Waals surface area contributed by atoms with E-state index in [9.17, 15) is 9.18 Å². The van der Waals surface area contributed by atoms with E-state index < -0.39 is 5.82 Å². The van der Waals surface area contributed by atoms with Crippen LogP contribution in [0.2, 0.25) is 0 Å². The van der Waals surface area contributed by atoms with Crippen molar-refractivity contribution in [3.63, 3.8) is 0 Å². The van der Waals surface area contributed by atoms with Crippen LogP contribution >= 0.6 is 11.8 Å².